The Morgan fingerprint density at radius 2 is 2.05 bits per heavy atom. The van der Waals surface area contributed by atoms with Crippen LogP contribution in [0.1, 0.15) is 30.8 Å². The van der Waals surface area contributed by atoms with E-state index in [0.717, 1.165) is 10.6 Å². The molecule has 108 valence electrons. The molecule has 2 unspecified atom stereocenters. The molecule has 0 saturated heterocycles. The third-order valence-corrected chi connectivity index (χ3v) is 4.46. The molecule has 1 rings (SSSR count). The van der Waals surface area contributed by atoms with E-state index in [4.69, 9.17) is 5.11 Å². The molecule has 19 heavy (non-hydrogen) atoms. The summed E-state index contributed by atoms with van der Waals surface area (Å²) in [6, 6.07) is -0.0699. The lowest BCUT2D eigenvalue weighted by Gasteiger charge is -2.19. The molecule has 0 bridgehead atoms. The molecule has 1 amide bonds. The minimum Gasteiger partial charge on any atom is -0.396 e. The summed E-state index contributed by atoms with van der Waals surface area (Å²) in [5.41, 5.74) is 0.930. The minimum absolute atomic E-state index is 0.0143. The van der Waals surface area contributed by atoms with Gasteiger partial charge in [-0.2, -0.15) is 0 Å². The van der Waals surface area contributed by atoms with Crippen LogP contribution >= 0.6 is 11.3 Å². The molecule has 1 heterocycles. The molecule has 0 aliphatic carbocycles. The number of carbonyl (C=O) groups is 1. The number of nitrogens with one attached hydrogen (secondary N) is 1. The Kier molecular flexibility index (Phi) is 5.75. The second-order valence-corrected chi connectivity index (χ2v) is 6.09. The predicted molar refractivity (Wildman–Crippen MR) is 76.5 cm³/mol. The van der Waals surface area contributed by atoms with Crippen molar-refractivity contribution in [2.24, 2.45) is 5.92 Å². The van der Waals surface area contributed by atoms with Crippen molar-refractivity contribution in [3.8, 4) is 0 Å². The van der Waals surface area contributed by atoms with Crippen molar-refractivity contribution in [3.05, 3.63) is 20.2 Å². The Bertz CT molecular complexity index is 493. The van der Waals surface area contributed by atoms with Crippen molar-refractivity contribution in [1.82, 2.24) is 9.88 Å². The summed E-state index contributed by atoms with van der Waals surface area (Å²) < 4.78 is 1.64. The molecule has 0 aliphatic heterocycles. The highest BCUT2D eigenvalue weighted by molar-refractivity contribution is 7.09. The fourth-order valence-corrected chi connectivity index (χ4v) is 2.54. The molecule has 2 N–H and O–H groups in total. The molecular weight excluding hydrogens is 264 g/mol. The van der Waals surface area contributed by atoms with Crippen LogP contribution in [0.15, 0.2) is 4.79 Å². The Morgan fingerprint density at radius 3 is 2.53 bits per heavy atom. The van der Waals surface area contributed by atoms with Gasteiger partial charge in [0.1, 0.15) is 0 Å². The number of aliphatic hydroxyl groups excluding tert-OH is 1. The minimum atomic E-state index is -0.0945. The number of hydrogen-bond donors (Lipinski definition) is 2. The Balaban J connectivity index is 2.53. The number of nitrogens with zero attached hydrogens (tertiary/aromatic N) is 1. The number of amides is 1. The first kappa shape index (κ1) is 15.9. The third kappa shape index (κ3) is 4.18. The fourth-order valence-electron chi connectivity index (χ4n) is 1.69. The molecular formula is C13H22N2O3S. The largest absolute Gasteiger partial charge is 0.396 e. The first-order chi connectivity index (χ1) is 8.86. The van der Waals surface area contributed by atoms with Crippen LogP contribution in [0, 0.1) is 19.8 Å². The van der Waals surface area contributed by atoms with Gasteiger partial charge in [-0.3, -0.25) is 9.59 Å². The Morgan fingerprint density at radius 1 is 1.42 bits per heavy atom. The maximum atomic E-state index is 11.8. The normalized spacial score (nSPS) is 14.2. The SMILES string of the molecule is Cc1sc(=O)n(CCC(=O)NC(C)C(C)CO)c1C. The van der Waals surface area contributed by atoms with Crippen molar-refractivity contribution in [2.45, 2.75) is 46.7 Å². The van der Waals surface area contributed by atoms with E-state index < -0.39 is 0 Å². The van der Waals surface area contributed by atoms with Gasteiger partial charge in [0.25, 0.3) is 0 Å². The summed E-state index contributed by atoms with van der Waals surface area (Å²) in [4.78, 5) is 24.4. The van der Waals surface area contributed by atoms with Crippen molar-refractivity contribution in [3.63, 3.8) is 0 Å². The zero-order valence-corrected chi connectivity index (χ0v) is 12.7. The van der Waals surface area contributed by atoms with Gasteiger partial charge in [-0.1, -0.05) is 18.3 Å². The lowest BCUT2D eigenvalue weighted by Crippen LogP contribution is -2.38. The lowest BCUT2D eigenvalue weighted by atomic mass is 10.1. The molecule has 0 spiro atoms. The van der Waals surface area contributed by atoms with Gasteiger partial charge < -0.3 is 15.0 Å². The average molecular weight is 286 g/mol. The number of aromatic nitrogens is 1. The van der Waals surface area contributed by atoms with Crippen LogP contribution < -0.4 is 10.2 Å². The quantitative estimate of drug-likeness (QED) is 0.821. The van der Waals surface area contributed by atoms with Gasteiger partial charge in [0.2, 0.25) is 5.91 Å². The standard InChI is InChI=1S/C13H22N2O3S/c1-8(7-16)9(2)14-12(17)5-6-15-10(3)11(4)19-13(15)18/h8-9,16H,5-7H2,1-4H3,(H,14,17). The number of carbonyl (C=O) groups excluding carboxylic acids is 1. The summed E-state index contributed by atoms with van der Waals surface area (Å²) in [7, 11) is 0. The maximum Gasteiger partial charge on any atom is 0.307 e. The van der Waals surface area contributed by atoms with E-state index in [1.807, 2.05) is 27.7 Å². The van der Waals surface area contributed by atoms with Crippen LogP contribution in [0.25, 0.3) is 0 Å². The fraction of sp³-hybridized carbons (Fsp3) is 0.692. The molecule has 1 aromatic heterocycles. The first-order valence-corrected chi connectivity index (χ1v) is 7.25. The van der Waals surface area contributed by atoms with Crippen LogP contribution in [-0.2, 0) is 11.3 Å². The van der Waals surface area contributed by atoms with Gasteiger partial charge in [0.05, 0.1) is 0 Å². The van der Waals surface area contributed by atoms with Crippen molar-refractivity contribution < 1.29 is 9.90 Å². The van der Waals surface area contributed by atoms with E-state index in [2.05, 4.69) is 5.32 Å². The number of aliphatic hydroxyl groups is 1. The van der Waals surface area contributed by atoms with E-state index >= 15 is 0 Å². The summed E-state index contributed by atoms with van der Waals surface area (Å²) in [5, 5.41) is 11.8. The molecule has 0 aliphatic rings. The first-order valence-electron chi connectivity index (χ1n) is 6.43. The van der Waals surface area contributed by atoms with Crippen LogP contribution in [0.5, 0.6) is 0 Å². The maximum absolute atomic E-state index is 11.8. The van der Waals surface area contributed by atoms with Crippen LogP contribution in [0.3, 0.4) is 0 Å². The van der Waals surface area contributed by atoms with Crippen molar-refractivity contribution >= 4 is 17.2 Å². The number of rotatable bonds is 6. The zero-order valence-electron chi connectivity index (χ0n) is 11.9. The molecule has 0 saturated carbocycles. The Hall–Kier alpha value is -1.14. The van der Waals surface area contributed by atoms with Gasteiger partial charge in [-0.05, 0) is 26.7 Å². The van der Waals surface area contributed by atoms with Gasteiger partial charge in [-0.15, -0.1) is 0 Å². The molecule has 0 fully saturated rings. The van der Waals surface area contributed by atoms with E-state index in [1.165, 1.54) is 11.3 Å². The summed E-state index contributed by atoms with van der Waals surface area (Å²) >= 11 is 1.21. The molecule has 2 atom stereocenters. The van der Waals surface area contributed by atoms with Gasteiger partial charge >= 0.3 is 4.87 Å². The highest BCUT2D eigenvalue weighted by atomic mass is 32.1. The zero-order chi connectivity index (χ0) is 14.6. The summed E-state index contributed by atoms with van der Waals surface area (Å²) in [6.45, 7) is 7.99. The van der Waals surface area contributed by atoms with Crippen LogP contribution in [0.4, 0.5) is 0 Å². The second-order valence-electron chi connectivity index (χ2n) is 4.93. The van der Waals surface area contributed by atoms with Crippen molar-refractivity contribution in [2.75, 3.05) is 6.61 Å². The average Bonchev–Trinajstić information content (AvgIpc) is 2.60. The smallest absolute Gasteiger partial charge is 0.307 e. The highest BCUT2D eigenvalue weighted by Crippen LogP contribution is 2.09. The number of hydrogen-bond acceptors (Lipinski definition) is 4. The van der Waals surface area contributed by atoms with E-state index in [1.54, 1.807) is 4.57 Å². The molecule has 6 heteroatoms. The number of aryl methyl sites for hydroxylation is 1. The molecule has 0 aromatic carbocycles. The molecule has 1 aromatic rings. The summed E-state index contributed by atoms with van der Waals surface area (Å²) in [6.07, 6.45) is 0.277. The van der Waals surface area contributed by atoms with Gasteiger partial charge in [0, 0.05) is 36.2 Å². The van der Waals surface area contributed by atoms with Gasteiger partial charge in [-0.25, -0.2) is 0 Å². The molecule has 5 nitrogen and oxygen atoms in total. The lowest BCUT2D eigenvalue weighted by molar-refractivity contribution is -0.122. The summed E-state index contributed by atoms with van der Waals surface area (Å²) in [5.74, 6) is -0.0697. The second kappa shape index (κ2) is 6.86. The van der Waals surface area contributed by atoms with E-state index in [0.29, 0.717) is 6.54 Å². The highest BCUT2D eigenvalue weighted by Gasteiger charge is 2.14. The predicted octanol–water partition coefficient (Wildman–Crippen LogP) is 1.05. The van der Waals surface area contributed by atoms with Crippen LogP contribution in [0.2, 0.25) is 0 Å². The van der Waals surface area contributed by atoms with Crippen molar-refractivity contribution in [1.29, 1.82) is 0 Å². The number of thiazole rings is 1. The Labute approximate surface area is 117 Å². The molecule has 0 radical (unpaired) electrons. The third-order valence-electron chi connectivity index (χ3n) is 3.47. The van der Waals surface area contributed by atoms with Gasteiger partial charge in [0.15, 0.2) is 0 Å². The van der Waals surface area contributed by atoms with E-state index in [9.17, 15) is 9.59 Å². The van der Waals surface area contributed by atoms with Crippen LogP contribution in [-0.4, -0.2) is 28.2 Å². The monoisotopic (exact) mass is 286 g/mol. The topological polar surface area (TPSA) is 71.3 Å². The van der Waals surface area contributed by atoms with E-state index in [-0.39, 0.29) is 35.8 Å².